The van der Waals surface area contributed by atoms with Crippen molar-refractivity contribution in [3.8, 4) is 0 Å². The first kappa shape index (κ1) is 20.7. The number of nitrogens with one attached hydrogen (secondary N) is 1. The molecule has 2 fully saturated rings. The van der Waals surface area contributed by atoms with Crippen molar-refractivity contribution in [1.29, 1.82) is 0 Å². The van der Waals surface area contributed by atoms with Crippen molar-refractivity contribution in [3.05, 3.63) is 0 Å². The van der Waals surface area contributed by atoms with E-state index in [-0.39, 0.29) is 24.3 Å². The van der Waals surface area contributed by atoms with E-state index in [1.807, 2.05) is 32.6 Å². The Morgan fingerprint density at radius 1 is 1.35 bits per heavy atom. The topological polar surface area (TPSA) is 90.0 Å². The highest BCUT2D eigenvalue weighted by atomic mass is 16.5. The Hall–Kier alpha value is -1.63. The van der Waals surface area contributed by atoms with E-state index in [4.69, 9.17) is 0 Å². The Morgan fingerprint density at radius 2 is 1.96 bits per heavy atom. The molecule has 0 radical (unpaired) electrons. The number of hydrogen-bond donors (Lipinski definition) is 2. The summed E-state index contributed by atoms with van der Waals surface area (Å²) in [5.74, 6) is -0.142. The zero-order chi connectivity index (χ0) is 19.5. The first-order valence-corrected chi connectivity index (χ1v) is 9.66. The Morgan fingerprint density at radius 3 is 2.46 bits per heavy atom. The van der Waals surface area contributed by atoms with E-state index < -0.39 is 16.9 Å². The molecule has 1 aliphatic carbocycles. The zero-order valence-corrected chi connectivity index (χ0v) is 16.5. The average molecular weight is 367 g/mol. The molecule has 2 aliphatic rings. The maximum absolute atomic E-state index is 13.1. The standard InChI is InChI=1S/C19H33N3O4/c1-5-8-14-11-19(14,12-22(26)13-23)17(25)20-15(18(2,3)4)16(24)21-9-6-7-10-21/h13-15,26H,5-12H2,1-4H3,(H,20,25). The lowest BCUT2D eigenvalue weighted by molar-refractivity contribution is -0.157. The molecule has 0 bridgehead atoms. The number of hydrogen-bond acceptors (Lipinski definition) is 4. The molecule has 0 aromatic carbocycles. The molecule has 1 heterocycles. The minimum atomic E-state index is -0.791. The summed E-state index contributed by atoms with van der Waals surface area (Å²) in [6.45, 7) is 9.32. The largest absolute Gasteiger partial charge is 0.343 e. The van der Waals surface area contributed by atoms with Gasteiger partial charge in [-0.05, 0) is 37.0 Å². The Balaban J connectivity index is 2.16. The van der Waals surface area contributed by atoms with Crippen LogP contribution in [0, 0.1) is 16.7 Å². The van der Waals surface area contributed by atoms with Crippen molar-refractivity contribution in [1.82, 2.24) is 15.3 Å². The molecule has 1 saturated heterocycles. The Labute approximate surface area is 156 Å². The van der Waals surface area contributed by atoms with Crippen LogP contribution in [0.4, 0.5) is 0 Å². The summed E-state index contributed by atoms with van der Waals surface area (Å²) < 4.78 is 0. The number of nitrogens with zero attached hydrogens (tertiary/aromatic N) is 2. The molecule has 0 spiro atoms. The molecular weight excluding hydrogens is 334 g/mol. The number of carbonyl (C=O) groups excluding carboxylic acids is 3. The smallest absolute Gasteiger partial charge is 0.245 e. The first-order valence-electron chi connectivity index (χ1n) is 9.66. The molecule has 7 nitrogen and oxygen atoms in total. The minimum Gasteiger partial charge on any atom is -0.343 e. The summed E-state index contributed by atoms with van der Waals surface area (Å²) in [4.78, 5) is 38.7. The molecule has 3 unspecified atom stereocenters. The summed E-state index contributed by atoms with van der Waals surface area (Å²) in [7, 11) is 0. The summed E-state index contributed by atoms with van der Waals surface area (Å²) in [6.07, 6.45) is 4.75. The van der Waals surface area contributed by atoms with Crippen LogP contribution in [0.15, 0.2) is 0 Å². The van der Waals surface area contributed by atoms with Gasteiger partial charge in [0.05, 0.1) is 12.0 Å². The number of carbonyl (C=O) groups is 3. The quantitative estimate of drug-likeness (QED) is 0.389. The summed E-state index contributed by atoms with van der Waals surface area (Å²) in [6, 6.07) is -0.615. The van der Waals surface area contributed by atoms with Gasteiger partial charge >= 0.3 is 0 Å². The molecule has 2 rings (SSSR count). The molecule has 148 valence electrons. The van der Waals surface area contributed by atoms with Gasteiger partial charge in [0.1, 0.15) is 6.04 Å². The monoisotopic (exact) mass is 367 g/mol. The number of rotatable bonds is 8. The molecule has 2 N–H and O–H groups in total. The summed E-state index contributed by atoms with van der Waals surface area (Å²) in [5, 5.41) is 13.2. The molecule has 1 aliphatic heterocycles. The molecular formula is C19H33N3O4. The van der Waals surface area contributed by atoms with Gasteiger partial charge in [0.25, 0.3) is 0 Å². The second-order valence-electron chi connectivity index (χ2n) is 8.85. The maximum atomic E-state index is 13.1. The molecule has 0 aromatic rings. The molecule has 1 saturated carbocycles. The van der Waals surface area contributed by atoms with Crippen molar-refractivity contribution in [3.63, 3.8) is 0 Å². The second kappa shape index (κ2) is 7.94. The van der Waals surface area contributed by atoms with Crippen LogP contribution in [-0.4, -0.2) is 59.1 Å². The van der Waals surface area contributed by atoms with Gasteiger partial charge in [0.2, 0.25) is 18.2 Å². The van der Waals surface area contributed by atoms with E-state index in [9.17, 15) is 19.6 Å². The van der Waals surface area contributed by atoms with Crippen LogP contribution in [0.3, 0.4) is 0 Å². The van der Waals surface area contributed by atoms with Crippen LogP contribution < -0.4 is 5.32 Å². The second-order valence-corrected chi connectivity index (χ2v) is 8.85. The van der Waals surface area contributed by atoms with Crippen molar-refractivity contribution >= 4 is 18.2 Å². The molecule has 3 atom stereocenters. The van der Waals surface area contributed by atoms with E-state index in [2.05, 4.69) is 5.32 Å². The zero-order valence-electron chi connectivity index (χ0n) is 16.5. The highest BCUT2D eigenvalue weighted by molar-refractivity contribution is 5.92. The normalized spacial score (nSPS) is 26.3. The van der Waals surface area contributed by atoms with Crippen LogP contribution in [-0.2, 0) is 14.4 Å². The van der Waals surface area contributed by atoms with Crippen molar-refractivity contribution in [2.45, 2.75) is 65.8 Å². The molecule has 3 amide bonds. The third kappa shape index (κ3) is 4.37. The first-order chi connectivity index (χ1) is 12.2. The van der Waals surface area contributed by atoms with Crippen LogP contribution in [0.25, 0.3) is 0 Å². The van der Waals surface area contributed by atoms with Crippen molar-refractivity contribution < 1.29 is 19.6 Å². The fourth-order valence-electron chi connectivity index (χ4n) is 4.02. The fourth-order valence-corrected chi connectivity index (χ4v) is 4.02. The van der Waals surface area contributed by atoms with Gasteiger partial charge in [0, 0.05) is 13.1 Å². The maximum Gasteiger partial charge on any atom is 0.245 e. The summed E-state index contributed by atoms with van der Waals surface area (Å²) in [5.41, 5.74) is -1.21. The average Bonchev–Trinajstić information content (AvgIpc) is 3.00. The third-order valence-corrected chi connectivity index (χ3v) is 5.69. The fraction of sp³-hybridized carbons (Fsp3) is 0.842. The number of likely N-dealkylation sites (tertiary alicyclic amines) is 1. The Kier molecular flexibility index (Phi) is 6.32. The van der Waals surface area contributed by atoms with E-state index in [1.54, 1.807) is 0 Å². The molecule has 0 aromatic heterocycles. The highest BCUT2D eigenvalue weighted by Crippen LogP contribution is 2.55. The minimum absolute atomic E-state index is 0.0260. The van der Waals surface area contributed by atoms with Gasteiger partial charge in [-0.2, -0.15) is 0 Å². The van der Waals surface area contributed by atoms with Gasteiger partial charge in [-0.15, -0.1) is 0 Å². The number of hydroxylamine groups is 2. The highest BCUT2D eigenvalue weighted by Gasteiger charge is 2.60. The van der Waals surface area contributed by atoms with Crippen LogP contribution >= 0.6 is 0 Å². The van der Waals surface area contributed by atoms with Gasteiger partial charge in [-0.1, -0.05) is 34.1 Å². The SMILES string of the molecule is CCCC1CC1(CN(O)C=O)C(=O)NC(C(=O)N1CCCC1)C(C)(C)C. The van der Waals surface area contributed by atoms with Crippen LogP contribution in [0.1, 0.15) is 59.8 Å². The van der Waals surface area contributed by atoms with Gasteiger partial charge < -0.3 is 10.2 Å². The van der Waals surface area contributed by atoms with E-state index >= 15 is 0 Å². The Bertz CT molecular complexity index is 539. The van der Waals surface area contributed by atoms with Crippen molar-refractivity contribution in [2.24, 2.45) is 16.7 Å². The van der Waals surface area contributed by atoms with Gasteiger partial charge in [0.15, 0.2) is 0 Å². The van der Waals surface area contributed by atoms with E-state index in [0.717, 1.165) is 38.8 Å². The molecule has 26 heavy (non-hydrogen) atoms. The predicted molar refractivity (Wildman–Crippen MR) is 97.2 cm³/mol. The lowest BCUT2D eigenvalue weighted by Crippen LogP contribution is -2.56. The predicted octanol–water partition coefficient (Wildman–Crippen LogP) is 1.79. The molecule has 7 heteroatoms. The van der Waals surface area contributed by atoms with Gasteiger partial charge in [-0.25, -0.2) is 5.06 Å². The third-order valence-electron chi connectivity index (χ3n) is 5.69. The van der Waals surface area contributed by atoms with Crippen LogP contribution in [0.5, 0.6) is 0 Å². The lowest BCUT2D eigenvalue weighted by atomic mass is 9.85. The summed E-state index contributed by atoms with van der Waals surface area (Å²) >= 11 is 0. The lowest BCUT2D eigenvalue weighted by Gasteiger charge is -2.35. The van der Waals surface area contributed by atoms with E-state index in [1.165, 1.54) is 0 Å². The van der Waals surface area contributed by atoms with Gasteiger partial charge in [-0.3, -0.25) is 19.6 Å². The van der Waals surface area contributed by atoms with Crippen molar-refractivity contribution in [2.75, 3.05) is 19.6 Å². The van der Waals surface area contributed by atoms with E-state index in [0.29, 0.717) is 17.9 Å². The number of amides is 3. The van der Waals surface area contributed by atoms with Crippen LogP contribution in [0.2, 0.25) is 0 Å².